The first-order chi connectivity index (χ1) is 7.38. The van der Waals surface area contributed by atoms with Crippen LogP contribution in [0.5, 0.6) is 0 Å². The molecular weight excluding hydrogens is 322 g/mol. The van der Waals surface area contributed by atoms with Crippen molar-refractivity contribution in [3.05, 3.63) is 14.7 Å². The van der Waals surface area contributed by atoms with Gasteiger partial charge in [0.25, 0.3) is 10.0 Å². The van der Waals surface area contributed by atoms with E-state index in [9.17, 15) is 13.2 Å². The highest BCUT2D eigenvalue weighted by molar-refractivity contribution is 9.11. The van der Waals surface area contributed by atoms with Crippen molar-refractivity contribution in [1.29, 1.82) is 0 Å². The van der Waals surface area contributed by atoms with Crippen molar-refractivity contribution in [3.8, 4) is 0 Å². The minimum absolute atomic E-state index is 0.0660. The van der Waals surface area contributed by atoms with Gasteiger partial charge in [0, 0.05) is 0 Å². The van der Waals surface area contributed by atoms with Crippen molar-refractivity contribution in [3.63, 3.8) is 0 Å². The van der Waals surface area contributed by atoms with Gasteiger partial charge < -0.3 is 5.11 Å². The smallest absolute Gasteiger partial charge is 0.345 e. The average molecular weight is 330 g/mol. The Kier molecular flexibility index (Phi) is 4.44. The molecule has 0 atom stereocenters. The largest absolute Gasteiger partial charge is 0.477 e. The summed E-state index contributed by atoms with van der Waals surface area (Å²) in [6.07, 6.45) is 0. The van der Waals surface area contributed by atoms with Crippen LogP contribution in [0.4, 0.5) is 0 Å². The molecule has 1 heterocycles. The van der Waals surface area contributed by atoms with Crippen LogP contribution in [0.2, 0.25) is 0 Å². The SMILES string of the molecule is CCONS(=O)(=O)c1cc(C(=O)O)sc1Br. The zero-order chi connectivity index (χ0) is 12.3. The van der Waals surface area contributed by atoms with Crippen molar-refractivity contribution in [2.75, 3.05) is 6.61 Å². The maximum atomic E-state index is 11.6. The van der Waals surface area contributed by atoms with Gasteiger partial charge in [-0.05, 0) is 28.9 Å². The van der Waals surface area contributed by atoms with Crippen molar-refractivity contribution >= 4 is 43.3 Å². The second-order valence-corrected chi connectivity index (χ2v) is 6.56. The minimum Gasteiger partial charge on any atom is -0.477 e. The quantitative estimate of drug-likeness (QED) is 0.797. The molecule has 0 bridgehead atoms. The van der Waals surface area contributed by atoms with E-state index in [-0.39, 0.29) is 20.2 Å². The van der Waals surface area contributed by atoms with Gasteiger partial charge in [-0.15, -0.1) is 11.3 Å². The molecule has 0 aliphatic rings. The van der Waals surface area contributed by atoms with Gasteiger partial charge in [-0.3, -0.25) is 4.84 Å². The molecule has 0 amide bonds. The molecule has 0 saturated heterocycles. The van der Waals surface area contributed by atoms with Crippen LogP contribution in [-0.4, -0.2) is 26.1 Å². The topological polar surface area (TPSA) is 92.7 Å². The van der Waals surface area contributed by atoms with Gasteiger partial charge in [-0.1, -0.05) is 4.89 Å². The summed E-state index contributed by atoms with van der Waals surface area (Å²) in [5, 5.41) is 8.71. The molecule has 0 aromatic carbocycles. The number of aromatic carboxylic acids is 1. The number of rotatable bonds is 5. The molecule has 90 valence electrons. The van der Waals surface area contributed by atoms with E-state index in [1.165, 1.54) is 0 Å². The maximum Gasteiger partial charge on any atom is 0.345 e. The molecular formula is C7H8BrNO5S2. The Bertz CT molecular complexity index is 495. The number of thiophene rings is 1. The number of carbonyl (C=O) groups is 1. The van der Waals surface area contributed by atoms with Crippen molar-refractivity contribution in [1.82, 2.24) is 4.89 Å². The van der Waals surface area contributed by atoms with Gasteiger partial charge in [-0.2, -0.15) is 0 Å². The van der Waals surface area contributed by atoms with Crippen LogP contribution in [0.3, 0.4) is 0 Å². The van der Waals surface area contributed by atoms with E-state index in [0.29, 0.717) is 0 Å². The fourth-order valence-corrected chi connectivity index (χ4v) is 4.09. The van der Waals surface area contributed by atoms with Gasteiger partial charge in [0.05, 0.1) is 10.4 Å². The molecule has 16 heavy (non-hydrogen) atoms. The molecule has 0 aliphatic carbocycles. The minimum atomic E-state index is -3.84. The number of hydrogen-bond acceptors (Lipinski definition) is 5. The molecule has 1 aromatic rings. The summed E-state index contributed by atoms with van der Waals surface area (Å²) in [6, 6.07) is 1.07. The van der Waals surface area contributed by atoms with E-state index in [0.717, 1.165) is 17.4 Å². The van der Waals surface area contributed by atoms with Crippen molar-refractivity contribution in [2.24, 2.45) is 0 Å². The van der Waals surface area contributed by atoms with Crippen molar-refractivity contribution in [2.45, 2.75) is 11.8 Å². The number of carboxylic acids is 1. The Hall–Kier alpha value is -0.480. The van der Waals surface area contributed by atoms with E-state index in [1.807, 2.05) is 4.89 Å². The molecule has 1 aromatic heterocycles. The van der Waals surface area contributed by atoms with Crippen LogP contribution < -0.4 is 4.89 Å². The second kappa shape index (κ2) is 5.23. The predicted octanol–water partition coefficient (Wildman–Crippen LogP) is 1.44. The standard InChI is InChI=1S/C7H8BrNO5S2/c1-2-14-9-16(12,13)5-3-4(7(10)11)15-6(5)8/h3,9H,2H2,1H3,(H,10,11). The summed E-state index contributed by atoms with van der Waals surface area (Å²) in [5.41, 5.74) is 0. The van der Waals surface area contributed by atoms with Gasteiger partial charge in [0.2, 0.25) is 0 Å². The zero-order valence-corrected chi connectivity index (χ0v) is 11.3. The number of sulfonamides is 1. The first kappa shape index (κ1) is 13.6. The van der Waals surface area contributed by atoms with Crippen LogP contribution in [0.15, 0.2) is 14.7 Å². The Balaban J connectivity index is 3.08. The third kappa shape index (κ3) is 3.01. The lowest BCUT2D eigenvalue weighted by Gasteiger charge is -2.03. The van der Waals surface area contributed by atoms with E-state index in [4.69, 9.17) is 5.11 Å². The summed E-state index contributed by atoms with van der Waals surface area (Å²) in [7, 11) is -3.84. The van der Waals surface area contributed by atoms with E-state index in [1.54, 1.807) is 6.92 Å². The summed E-state index contributed by atoms with van der Waals surface area (Å²) in [5.74, 6) is -1.18. The lowest BCUT2D eigenvalue weighted by Crippen LogP contribution is -2.23. The number of hydrogen-bond donors (Lipinski definition) is 2. The average Bonchev–Trinajstić information content (AvgIpc) is 2.58. The van der Waals surface area contributed by atoms with E-state index in [2.05, 4.69) is 20.8 Å². The Morgan fingerprint density at radius 2 is 2.31 bits per heavy atom. The van der Waals surface area contributed by atoms with Gasteiger partial charge in [-0.25, -0.2) is 13.2 Å². The van der Waals surface area contributed by atoms with Crippen molar-refractivity contribution < 1.29 is 23.2 Å². The second-order valence-electron chi connectivity index (χ2n) is 2.57. The Morgan fingerprint density at radius 3 is 2.75 bits per heavy atom. The Labute approximate surface area is 104 Å². The van der Waals surface area contributed by atoms with E-state index >= 15 is 0 Å². The molecule has 0 unspecified atom stereocenters. The third-order valence-electron chi connectivity index (χ3n) is 1.47. The van der Waals surface area contributed by atoms with Crippen LogP contribution in [0, 0.1) is 0 Å². The summed E-state index contributed by atoms with van der Waals surface area (Å²) < 4.78 is 23.4. The predicted molar refractivity (Wildman–Crippen MR) is 60.9 cm³/mol. The van der Waals surface area contributed by atoms with Crippen LogP contribution in [-0.2, 0) is 14.9 Å². The highest BCUT2D eigenvalue weighted by Gasteiger charge is 2.23. The fraction of sp³-hybridized carbons (Fsp3) is 0.286. The number of nitrogens with one attached hydrogen (secondary N) is 1. The number of halogens is 1. The lowest BCUT2D eigenvalue weighted by molar-refractivity contribution is 0.0702. The normalized spacial score (nSPS) is 11.6. The van der Waals surface area contributed by atoms with Gasteiger partial charge in [0.1, 0.15) is 9.77 Å². The monoisotopic (exact) mass is 329 g/mol. The third-order valence-corrected chi connectivity index (χ3v) is 4.92. The molecule has 0 radical (unpaired) electrons. The highest BCUT2D eigenvalue weighted by Crippen LogP contribution is 2.31. The first-order valence-electron chi connectivity index (χ1n) is 4.04. The molecule has 0 saturated carbocycles. The molecule has 0 spiro atoms. The Morgan fingerprint density at radius 1 is 1.69 bits per heavy atom. The number of carboxylic acid groups (broad SMARTS) is 1. The summed E-state index contributed by atoms with van der Waals surface area (Å²) in [4.78, 5) is 16.9. The molecule has 6 nitrogen and oxygen atoms in total. The van der Waals surface area contributed by atoms with Crippen LogP contribution in [0.25, 0.3) is 0 Å². The van der Waals surface area contributed by atoms with Gasteiger partial charge in [0.15, 0.2) is 0 Å². The fourth-order valence-electron chi connectivity index (χ4n) is 0.822. The van der Waals surface area contributed by atoms with Crippen LogP contribution >= 0.6 is 27.3 Å². The lowest BCUT2D eigenvalue weighted by atomic mass is 10.5. The van der Waals surface area contributed by atoms with Gasteiger partial charge >= 0.3 is 5.97 Å². The molecule has 9 heteroatoms. The maximum absolute atomic E-state index is 11.6. The molecule has 0 aliphatic heterocycles. The summed E-state index contributed by atoms with van der Waals surface area (Å²) in [6.45, 7) is 1.79. The molecule has 2 N–H and O–H groups in total. The summed E-state index contributed by atoms with van der Waals surface area (Å²) >= 11 is 3.82. The molecule has 1 rings (SSSR count). The van der Waals surface area contributed by atoms with Crippen LogP contribution in [0.1, 0.15) is 16.6 Å². The highest BCUT2D eigenvalue weighted by atomic mass is 79.9. The molecule has 0 fully saturated rings. The van der Waals surface area contributed by atoms with E-state index < -0.39 is 16.0 Å². The first-order valence-corrected chi connectivity index (χ1v) is 7.14. The zero-order valence-electron chi connectivity index (χ0n) is 8.06.